The molecule has 2 N–H and O–H groups in total. The van der Waals surface area contributed by atoms with Crippen LogP contribution in [0.2, 0.25) is 0 Å². The molecular formula is C24H27N3O3. The van der Waals surface area contributed by atoms with Crippen molar-refractivity contribution >= 4 is 22.7 Å². The van der Waals surface area contributed by atoms with E-state index in [1.807, 2.05) is 49.1 Å². The van der Waals surface area contributed by atoms with Gasteiger partial charge in [-0.1, -0.05) is 50.2 Å². The lowest BCUT2D eigenvalue weighted by Crippen LogP contribution is -2.53. The van der Waals surface area contributed by atoms with E-state index in [9.17, 15) is 9.59 Å². The van der Waals surface area contributed by atoms with Crippen molar-refractivity contribution in [1.82, 2.24) is 15.2 Å². The Balaban J connectivity index is 1.42. The highest BCUT2D eigenvalue weighted by Gasteiger charge is 2.31. The van der Waals surface area contributed by atoms with Gasteiger partial charge >= 0.3 is 0 Å². The lowest BCUT2D eigenvalue weighted by Gasteiger charge is -2.32. The van der Waals surface area contributed by atoms with E-state index in [0.29, 0.717) is 18.8 Å². The predicted molar refractivity (Wildman–Crippen MR) is 116 cm³/mol. The highest BCUT2D eigenvalue weighted by atomic mass is 16.5. The van der Waals surface area contributed by atoms with Crippen LogP contribution in [0.4, 0.5) is 0 Å². The second-order valence-electron chi connectivity index (χ2n) is 8.03. The summed E-state index contributed by atoms with van der Waals surface area (Å²) in [5.74, 6) is 0.259. The van der Waals surface area contributed by atoms with Crippen molar-refractivity contribution in [2.24, 2.45) is 5.92 Å². The van der Waals surface area contributed by atoms with Gasteiger partial charge in [0.2, 0.25) is 5.91 Å². The number of aromatic amines is 1. The third kappa shape index (κ3) is 4.17. The van der Waals surface area contributed by atoms with Crippen molar-refractivity contribution in [1.29, 1.82) is 0 Å². The van der Waals surface area contributed by atoms with E-state index in [1.165, 1.54) is 11.3 Å². The first-order chi connectivity index (χ1) is 14.5. The fourth-order valence-electron chi connectivity index (χ4n) is 3.95. The number of hydrogen-bond donors (Lipinski definition) is 2. The van der Waals surface area contributed by atoms with Crippen molar-refractivity contribution < 1.29 is 14.3 Å². The number of ether oxygens (including phenoxy) is 1. The maximum Gasteiger partial charge on any atom is 0.258 e. The topological polar surface area (TPSA) is 74.4 Å². The summed E-state index contributed by atoms with van der Waals surface area (Å²) in [6.45, 7) is 4.97. The number of fused-ring (bicyclic) bond motifs is 3. The van der Waals surface area contributed by atoms with Crippen LogP contribution in [0.1, 0.15) is 25.1 Å². The van der Waals surface area contributed by atoms with Crippen LogP contribution >= 0.6 is 0 Å². The zero-order valence-electron chi connectivity index (χ0n) is 17.4. The molecule has 0 saturated carbocycles. The molecule has 1 aliphatic rings. The summed E-state index contributed by atoms with van der Waals surface area (Å²) in [7, 11) is 0. The summed E-state index contributed by atoms with van der Waals surface area (Å²) in [5.41, 5.74) is 3.47. The second kappa shape index (κ2) is 8.61. The van der Waals surface area contributed by atoms with Gasteiger partial charge in [-0.15, -0.1) is 0 Å². The van der Waals surface area contributed by atoms with Gasteiger partial charge in [0.15, 0.2) is 6.61 Å². The number of carbonyl (C=O) groups excluding carboxylic acids is 2. The molecule has 0 aliphatic carbocycles. The van der Waals surface area contributed by atoms with Crippen LogP contribution in [-0.2, 0) is 22.6 Å². The average Bonchev–Trinajstić information content (AvgIpc) is 3.14. The molecule has 0 saturated heterocycles. The van der Waals surface area contributed by atoms with Crippen LogP contribution in [0.15, 0.2) is 54.6 Å². The van der Waals surface area contributed by atoms with Gasteiger partial charge in [0.1, 0.15) is 11.8 Å². The number of amides is 2. The van der Waals surface area contributed by atoms with E-state index in [2.05, 4.69) is 22.4 Å². The molecule has 156 valence electrons. The Morgan fingerprint density at radius 1 is 1.10 bits per heavy atom. The maximum absolute atomic E-state index is 13.3. The van der Waals surface area contributed by atoms with Gasteiger partial charge in [-0.05, 0) is 24.1 Å². The van der Waals surface area contributed by atoms with E-state index in [1.54, 1.807) is 12.1 Å². The molecule has 3 aromatic rings. The van der Waals surface area contributed by atoms with E-state index in [-0.39, 0.29) is 24.3 Å². The molecule has 6 heteroatoms. The Bertz CT molecular complexity index is 1040. The van der Waals surface area contributed by atoms with Crippen molar-refractivity contribution in [3.8, 4) is 5.75 Å². The molecule has 2 aromatic carbocycles. The average molecular weight is 405 g/mol. The van der Waals surface area contributed by atoms with Gasteiger partial charge in [0.25, 0.3) is 5.91 Å². The van der Waals surface area contributed by atoms with Crippen molar-refractivity contribution in [3.63, 3.8) is 0 Å². The molecule has 1 unspecified atom stereocenters. The van der Waals surface area contributed by atoms with Crippen LogP contribution < -0.4 is 10.1 Å². The number of nitrogens with zero attached hydrogens (tertiary/aromatic N) is 1. The first kappa shape index (κ1) is 20.0. The number of aromatic nitrogens is 1. The first-order valence-electron chi connectivity index (χ1n) is 10.4. The number of H-pyrrole nitrogens is 1. The number of hydrogen-bond acceptors (Lipinski definition) is 3. The summed E-state index contributed by atoms with van der Waals surface area (Å²) >= 11 is 0. The van der Waals surface area contributed by atoms with Crippen molar-refractivity contribution in [2.45, 2.75) is 32.9 Å². The Morgan fingerprint density at radius 2 is 1.83 bits per heavy atom. The summed E-state index contributed by atoms with van der Waals surface area (Å²) in [6.07, 6.45) is 0.783. The van der Waals surface area contributed by atoms with Gasteiger partial charge in [0.05, 0.1) is 0 Å². The monoisotopic (exact) mass is 405 g/mol. The smallest absolute Gasteiger partial charge is 0.258 e. The van der Waals surface area contributed by atoms with Crippen LogP contribution in [0.25, 0.3) is 10.9 Å². The molecule has 4 rings (SSSR count). The zero-order valence-corrected chi connectivity index (χ0v) is 17.4. The predicted octanol–water partition coefficient (Wildman–Crippen LogP) is 3.27. The number of nitrogens with one attached hydrogen (secondary N) is 2. The standard InChI is InChI=1S/C24H27N3O3/c1-16(2)23(26-22(28)15-30-17-8-4-3-5-9-17)24(29)27-13-12-21-19(14-27)18-10-6-7-11-20(18)25-21/h3-11,16,23,25H,12-15H2,1-2H3,(H,26,28). The lowest BCUT2D eigenvalue weighted by atomic mass is 9.99. The zero-order chi connectivity index (χ0) is 21.1. The highest BCUT2D eigenvalue weighted by molar-refractivity contribution is 5.90. The summed E-state index contributed by atoms with van der Waals surface area (Å²) in [5, 5.41) is 4.03. The second-order valence-corrected chi connectivity index (χ2v) is 8.03. The van der Waals surface area contributed by atoms with Crippen LogP contribution in [-0.4, -0.2) is 40.9 Å². The fourth-order valence-corrected chi connectivity index (χ4v) is 3.95. The molecule has 30 heavy (non-hydrogen) atoms. The molecule has 1 atom stereocenters. The highest BCUT2D eigenvalue weighted by Crippen LogP contribution is 2.28. The Labute approximate surface area is 176 Å². The van der Waals surface area contributed by atoms with Crippen molar-refractivity contribution in [2.75, 3.05) is 13.2 Å². The van der Waals surface area contributed by atoms with Crippen LogP contribution in [0.5, 0.6) is 5.75 Å². The third-order valence-electron chi connectivity index (χ3n) is 5.56. The minimum atomic E-state index is -0.580. The molecule has 0 fully saturated rings. The number of carbonyl (C=O) groups is 2. The van der Waals surface area contributed by atoms with Crippen LogP contribution in [0.3, 0.4) is 0 Å². The van der Waals surface area contributed by atoms with E-state index in [4.69, 9.17) is 4.74 Å². The third-order valence-corrected chi connectivity index (χ3v) is 5.56. The number of benzene rings is 2. The molecule has 0 spiro atoms. The molecule has 2 amide bonds. The molecule has 2 heterocycles. The van der Waals surface area contributed by atoms with E-state index in [0.717, 1.165) is 17.3 Å². The van der Waals surface area contributed by atoms with Crippen LogP contribution in [0, 0.1) is 5.92 Å². The molecule has 0 radical (unpaired) electrons. The lowest BCUT2D eigenvalue weighted by molar-refractivity contribution is -0.138. The SMILES string of the molecule is CC(C)C(NC(=O)COc1ccccc1)C(=O)N1CCc2[nH]c3ccccc3c2C1. The number of para-hydroxylation sites is 2. The maximum atomic E-state index is 13.3. The molecule has 6 nitrogen and oxygen atoms in total. The van der Waals surface area contributed by atoms with E-state index >= 15 is 0 Å². The minimum Gasteiger partial charge on any atom is -0.484 e. The normalized spacial score (nSPS) is 14.4. The molecule has 1 aromatic heterocycles. The van der Waals surface area contributed by atoms with Gasteiger partial charge < -0.3 is 19.9 Å². The number of rotatable bonds is 6. The Hall–Kier alpha value is -3.28. The van der Waals surface area contributed by atoms with Gasteiger partial charge in [-0.25, -0.2) is 0 Å². The fraction of sp³-hybridized carbons (Fsp3) is 0.333. The van der Waals surface area contributed by atoms with E-state index < -0.39 is 6.04 Å². The minimum absolute atomic E-state index is 0.0254. The Kier molecular flexibility index (Phi) is 5.74. The van der Waals surface area contributed by atoms with Gasteiger partial charge in [-0.2, -0.15) is 0 Å². The summed E-state index contributed by atoms with van der Waals surface area (Å²) < 4.78 is 5.52. The first-order valence-corrected chi connectivity index (χ1v) is 10.4. The van der Waals surface area contributed by atoms with Gasteiger partial charge in [0, 0.05) is 41.7 Å². The summed E-state index contributed by atoms with van der Waals surface area (Å²) in [6, 6.07) is 16.8. The largest absolute Gasteiger partial charge is 0.484 e. The molecule has 0 bridgehead atoms. The van der Waals surface area contributed by atoms with Crippen molar-refractivity contribution in [3.05, 3.63) is 65.9 Å². The summed E-state index contributed by atoms with van der Waals surface area (Å²) in [4.78, 5) is 31.0. The molecule has 1 aliphatic heterocycles. The molecular weight excluding hydrogens is 378 g/mol. The Morgan fingerprint density at radius 3 is 2.60 bits per heavy atom. The quantitative estimate of drug-likeness (QED) is 0.661. The van der Waals surface area contributed by atoms with Gasteiger partial charge in [-0.3, -0.25) is 9.59 Å².